The molecule has 0 atom stereocenters. The van der Waals surface area contributed by atoms with Crippen LogP contribution in [0.25, 0.3) is 0 Å². The lowest BCUT2D eigenvalue weighted by molar-refractivity contribution is -0.141. The number of carbonyl (C=O) groups is 1. The second-order valence-corrected chi connectivity index (χ2v) is 8.72. The molecule has 1 N–H and O–H groups in total. The summed E-state index contributed by atoms with van der Waals surface area (Å²) in [5.41, 5.74) is 5.32. The molecule has 4 aromatic rings. The van der Waals surface area contributed by atoms with Crippen LogP contribution in [0, 0.1) is 0 Å². The lowest BCUT2D eigenvalue weighted by atomic mass is 9.85. The van der Waals surface area contributed by atoms with E-state index in [-0.39, 0.29) is 30.5 Å². The maximum Gasteiger partial charge on any atom is 0.308 e. The number of ether oxygens (including phenoxy) is 2. The van der Waals surface area contributed by atoms with Crippen LogP contribution in [-0.4, -0.2) is 24.7 Å². The number of hydrogen-bond donors (Lipinski definition) is 1. The average Bonchev–Trinajstić information content (AvgIpc) is 2.92. The van der Waals surface area contributed by atoms with E-state index in [2.05, 4.69) is 46.1 Å². The van der Waals surface area contributed by atoms with Gasteiger partial charge in [0.2, 0.25) is 0 Å². The van der Waals surface area contributed by atoms with Gasteiger partial charge in [-0.15, -0.1) is 0 Å². The van der Waals surface area contributed by atoms with Gasteiger partial charge in [-0.1, -0.05) is 72.8 Å². The zero-order chi connectivity index (χ0) is 25.2. The summed E-state index contributed by atoms with van der Waals surface area (Å²) in [6.45, 7) is 0.280. The van der Waals surface area contributed by atoms with Crippen LogP contribution in [0.3, 0.4) is 0 Å². The first-order valence-corrected chi connectivity index (χ1v) is 12.2. The van der Waals surface area contributed by atoms with Gasteiger partial charge in [0, 0.05) is 17.7 Å². The second kappa shape index (κ2) is 12.5. The number of H-pyrrole nitrogens is 1. The maximum absolute atomic E-state index is 12.6. The smallest absolute Gasteiger partial charge is 0.308 e. The quantitative estimate of drug-likeness (QED) is 0.280. The molecule has 0 bridgehead atoms. The van der Waals surface area contributed by atoms with Gasteiger partial charge in [0.05, 0.1) is 20.1 Å². The number of aryl methyl sites for hydroxylation is 2. The Morgan fingerprint density at radius 2 is 1.53 bits per heavy atom. The molecule has 0 unspecified atom stereocenters. The van der Waals surface area contributed by atoms with Crippen molar-refractivity contribution in [2.24, 2.45) is 0 Å². The predicted octanol–water partition coefficient (Wildman–Crippen LogP) is 5.67. The largest absolute Gasteiger partial charge is 0.493 e. The summed E-state index contributed by atoms with van der Waals surface area (Å²) >= 11 is 0. The summed E-state index contributed by atoms with van der Waals surface area (Å²) in [7, 11) is 1.37. The number of pyridine rings is 1. The third-order valence-electron chi connectivity index (χ3n) is 6.21. The van der Waals surface area contributed by atoms with Crippen molar-refractivity contribution in [3.05, 3.63) is 135 Å². The van der Waals surface area contributed by atoms with Gasteiger partial charge >= 0.3 is 5.97 Å². The summed E-state index contributed by atoms with van der Waals surface area (Å²) in [5, 5.41) is 0. The minimum absolute atomic E-state index is 0.0430. The van der Waals surface area contributed by atoms with Crippen LogP contribution in [0.4, 0.5) is 0 Å². The van der Waals surface area contributed by atoms with E-state index in [1.165, 1.54) is 18.2 Å². The van der Waals surface area contributed by atoms with E-state index in [1.807, 2.05) is 60.8 Å². The lowest BCUT2D eigenvalue weighted by Gasteiger charge is -2.19. The third kappa shape index (κ3) is 6.72. The van der Waals surface area contributed by atoms with Gasteiger partial charge in [-0.2, -0.15) is 0 Å². The normalized spacial score (nSPS) is 10.8. The Bertz CT molecular complexity index is 1280. The van der Waals surface area contributed by atoms with Crippen LogP contribution in [0.5, 0.6) is 5.75 Å². The average molecular weight is 482 g/mol. The summed E-state index contributed by atoms with van der Waals surface area (Å²) in [6, 6.07) is 30.6. The Hall–Kier alpha value is -4.12. The zero-order valence-corrected chi connectivity index (χ0v) is 20.5. The molecule has 0 radical (unpaired) electrons. The molecule has 3 aromatic carbocycles. The second-order valence-electron chi connectivity index (χ2n) is 8.72. The van der Waals surface area contributed by atoms with E-state index in [4.69, 9.17) is 4.74 Å². The Balaban J connectivity index is 1.45. The van der Waals surface area contributed by atoms with Crippen LogP contribution >= 0.6 is 0 Å². The molecular formula is C31H31NO4. The molecule has 184 valence electrons. The number of methoxy groups -OCH3 is 1. The Morgan fingerprint density at radius 3 is 2.19 bits per heavy atom. The van der Waals surface area contributed by atoms with E-state index in [0.717, 1.165) is 35.3 Å². The summed E-state index contributed by atoms with van der Waals surface area (Å²) < 4.78 is 10.3. The number of nitrogens with one attached hydrogen (secondary N) is 1. The van der Waals surface area contributed by atoms with E-state index in [9.17, 15) is 9.59 Å². The van der Waals surface area contributed by atoms with Crippen molar-refractivity contribution in [2.75, 3.05) is 13.7 Å². The summed E-state index contributed by atoms with van der Waals surface area (Å²) in [5.74, 6) is 0.479. The number of rotatable bonds is 11. The van der Waals surface area contributed by atoms with Gasteiger partial charge in [0.1, 0.15) is 5.75 Å². The first-order valence-electron chi connectivity index (χ1n) is 12.2. The molecule has 36 heavy (non-hydrogen) atoms. The molecule has 4 rings (SSSR count). The maximum atomic E-state index is 12.6. The fraction of sp³-hybridized carbons (Fsp3) is 0.226. The van der Waals surface area contributed by atoms with Gasteiger partial charge < -0.3 is 14.5 Å². The molecule has 0 aliphatic carbocycles. The van der Waals surface area contributed by atoms with Crippen molar-refractivity contribution in [3.8, 4) is 5.75 Å². The molecule has 0 spiro atoms. The SMILES string of the molecule is COC(=O)CCOc1cccc(CCCc2cc(C(c3ccccc3)c3ccccc3)c[nH]c2=O)c1. The van der Waals surface area contributed by atoms with Gasteiger partial charge in [-0.05, 0) is 59.7 Å². The van der Waals surface area contributed by atoms with Crippen LogP contribution in [-0.2, 0) is 22.4 Å². The molecule has 0 saturated heterocycles. The molecule has 5 nitrogen and oxygen atoms in total. The molecule has 0 saturated carbocycles. The van der Waals surface area contributed by atoms with Crippen molar-refractivity contribution < 1.29 is 14.3 Å². The minimum atomic E-state index is -0.291. The Kier molecular flexibility index (Phi) is 8.71. The predicted molar refractivity (Wildman–Crippen MR) is 141 cm³/mol. The number of carbonyl (C=O) groups excluding carboxylic acids is 1. The van der Waals surface area contributed by atoms with Crippen molar-refractivity contribution >= 4 is 5.97 Å². The number of esters is 1. The first kappa shape index (κ1) is 25.0. The van der Waals surface area contributed by atoms with Crippen LogP contribution in [0.1, 0.15) is 46.6 Å². The minimum Gasteiger partial charge on any atom is -0.493 e. The number of benzene rings is 3. The summed E-state index contributed by atoms with van der Waals surface area (Å²) in [4.78, 5) is 26.9. The van der Waals surface area contributed by atoms with Gasteiger partial charge in [0.15, 0.2) is 0 Å². The zero-order valence-electron chi connectivity index (χ0n) is 20.5. The van der Waals surface area contributed by atoms with E-state index in [1.54, 1.807) is 0 Å². The van der Waals surface area contributed by atoms with Crippen molar-refractivity contribution in [3.63, 3.8) is 0 Å². The lowest BCUT2D eigenvalue weighted by Crippen LogP contribution is -2.15. The molecule has 5 heteroatoms. The van der Waals surface area contributed by atoms with Crippen LogP contribution in [0.15, 0.2) is 102 Å². The molecule has 1 aromatic heterocycles. The monoisotopic (exact) mass is 481 g/mol. The van der Waals surface area contributed by atoms with Crippen LogP contribution < -0.4 is 10.3 Å². The molecule has 1 heterocycles. The highest BCUT2D eigenvalue weighted by Gasteiger charge is 2.18. The van der Waals surface area contributed by atoms with E-state index < -0.39 is 0 Å². The highest BCUT2D eigenvalue weighted by molar-refractivity contribution is 5.69. The third-order valence-corrected chi connectivity index (χ3v) is 6.21. The summed E-state index contributed by atoms with van der Waals surface area (Å²) in [6.07, 6.45) is 4.38. The highest BCUT2D eigenvalue weighted by Crippen LogP contribution is 2.31. The van der Waals surface area contributed by atoms with Crippen LogP contribution in [0.2, 0.25) is 0 Å². The molecule has 0 aliphatic rings. The van der Waals surface area contributed by atoms with E-state index in [0.29, 0.717) is 6.42 Å². The molecular weight excluding hydrogens is 450 g/mol. The van der Waals surface area contributed by atoms with Gasteiger partial charge in [-0.3, -0.25) is 9.59 Å². The fourth-order valence-corrected chi connectivity index (χ4v) is 4.40. The molecule has 0 amide bonds. The first-order chi connectivity index (χ1) is 17.6. The molecule has 0 fully saturated rings. The number of aromatic nitrogens is 1. The molecule has 0 aliphatic heterocycles. The Labute approximate surface area is 211 Å². The highest BCUT2D eigenvalue weighted by atomic mass is 16.5. The van der Waals surface area contributed by atoms with Gasteiger partial charge in [0.25, 0.3) is 5.56 Å². The fourth-order valence-electron chi connectivity index (χ4n) is 4.40. The van der Waals surface area contributed by atoms with Crippen molar-refractivity contribution in [1.82, 2.24) is 4.98 Å². The van der Waals surface area contributed by atoms with Crippen molar-refractivity contribution in [2.45, 2.75) is 31.6 Å². The standard InChI is InChI=1S/C31H31NO4/c1-35-29(33)18-19-36-28-17-9-11-23(20-28)10-8-16-26-21-27(22-32-31(26)34)30(24-12-4-2-5-13-24)25-14-6-3-7-15-25/h2-7,9,11-15,17,20-22,30H,8,10,16,18-19H2,1H3,(H,32,34). The topological polar surface area (TPSA) is 68.4 Å². The number of hydrogen-bond acceptors (Lipinski definition) is 4. The Morgan fingerprint density at radius 1 is 0.833 bits per heavy atom. The van der Waals surface area contributed by atoms with Gasteiger partial charge in [-0.25, -0.2) is 0 Å². The van der Waals surface area contributed by atoms with E-state index >= 15 is 0 Å². The van der Waals surface area contributed by atoms with Crippen molar-refractivity contribution in [1.29, 1.82) is 0 Å². The number of aromatic amines is 1.